The Labute approximate surface area is 192 Å². The molecule has 176 valence electrons. The maximum absolute atomic E-state index is 13.2. The maximum Gasteiger partial charge on any atom is 0.332 e. The van der Waals surface area contributed by atoms with E-state index in [0.717, 1.165) is 51.5 Å². The minimum Gasteiger partial charge on any atom is -0.356 e. The average molecular weight is 463 g/mol. The van der Waals surface area contributed by atoms with Gasteiger partial charge in [-0.2, -0.15) is 0 Å². The average Bonchev–Trinajstić information content (AvgIpc) is 3.28. The standard InChI is InChI=1S/C23H34N4O4S/c1-3-5-12-25-21(29)17-8-6-16(7-9-17)14-27-22(30)20-18(10-13-32-20)26(23(27)31)15-19(28)24-11-4-2/h10,13,16-17H,3-9,11-12,14-15H2,1-2H3,(H,24,28)(H,25,29). The zero-order valence-electron chi connectivity index (χ0n) is 19.0. The monoisotopic (exact) mass is 462 g/mol. The summed E-state index contributed by atoms with van der Waals surface area (Å²) >= 11 is 1.29. The van der Waals surface area contributed by atoms with Crippen molar-refractivity contribution in [3.8, 4) is 0 Å². The summed E-state index contributed by atoms with van der Waals surface area (Å²) in [4.78, 5) is 50.8. The zero-order chi connectivity index (χ0) is 23.1. The molecule has 2 heterocycles. The summed E-state index contributed by atoms with van der Waals surface area (Å²) in [6.07, 6.45) is 5.99. The van der Waals surface area contributed by atoms with Crippen LogP contribution in [0.1, 0.15) is 58.8 Å². The number of hydrogen-bond donors (Lipinski definition) is 2. The highest BCUT2D eigenvalue weighted by Crippen LogP contribution is 2.29. The molecule has 2 aromatic rings. The molecule has 1 saturated carbocycles. The third-order valence-corrected chi connectivity index (χ3v) is 7.09. The van der Waals surface area contributed by atoms with Crippen molar-refractivity contribution in [2.24, 2.45) is 11.8 Å². The quantitative estimate of drug-likeness (QED) is 0.530. The van der Waals surface area contributed by atoms with Crippen LogP contribution in [0, 0.1) is 11.8 Å². The van der Waals surface area contributed by atoms with Crippen LogP contribution in [-0.2, 0) is 22.7 Å². The van der Waals surface area contributed by atoms with Crippen LogP contribution in [0.3, 0.4) is 0 Å². The molecule has 1 aliphatic rings. The molecule has 0 unspecified atom stereocenters. The van der Waals surface area contributed by atoms with Crippen LogP contribution < -0.4 is 21.9 Å². The van der Waals surface area contributed by atoms with Gasteiger partial charge >= 0.3 is 5.69 Å². The number of amides is 2. The third kappa shape index (κ3) is 5.68. The predicted octanol–water partition coefficient (Wildman–Crippen LogP) is 2.47. The van der Waals surface area contributed by atoms with Gasteiger partial charge in [0, 0.05) is 25.6 Å². The molecule has 0 saturated heterocycles. The summed E-state index contributed by atoms with van der Waals surface area (Å²) in [5, 5.41) is 7.58. The maximum atomic E-state index is 13.2. The number of carbonyl (C=O) groups is 2. The van der Waals surface area contributed by atoms with Crippen molar-refractivity contribution in [2.75, 3.05) is 13.1 Å². The number of hydrogen-bond acceptors (Lipinski definition) is 5. The lowest BCUT2D eigenvalue weighted by Gasteiger charge is -2.28. The lowest BCUT2D eigenvalue weighted by atomic mass is 9.81. The molecule has 3 rings (SSSR count). The second-order valence-electron chi connectivity index (χ2n) is 8.63. The summed E-state index contributed by atoms with van der Waals surface area (Å²) in [5.41, 5.74) is -0.211. The van der Waals surface area contributed by atoms with E-state index in [4.69, 9.17) is 0 Å². The lowest BCUT2D eigenvalue weighted by molar-refractivity contribution is -0.126. The van der Waals surface area contributed by atoms with Gasteiger partial charge in [-0.05, 0) is 55.9 Å². The van der Waals surface area contributed by atoms with Crippen molar-refractivity contribution in [3.63, 3.8) is 0 Å². The Kier molecular flexibility index (Phi) is 8.67. The number of nitrogens with zero attached hydrogens (tertiary/aromatic N) is 2. The van der Waals surface area contributed by atoms with Gasteiger partial charge in [-0.25, -0.2) is 4.79 Å². The third-order valence-electron chi connectivity index (χ3n) is 6.20. The number of carbonyl (C=O) groups excluding carboxylic acids is 2. The fraction of sp³-hybridized carbons (Fsp3) is 0.652. The second kappa shape index (κ2) is 11.4. The van der Waals surface area contributed by atoms with Gasteiger partial charge in [0.1, 0.15) is 11.2 Å². The van der Waals surface area contributed by atoms with Crippen LogP contribution in [0.4, 0.5) is 0 Å². The van der Waals surface area contributed by atoms with Crippen LogP contribution in [-0.4, -0.2) is 34.0 Å². The Hall–Kier alpha value is -2.42. The van der Waals surface area contributed by atoms with Crippen LogP contribution in [0.15, 0.2) is 21.0 Å². The molecule has 0 bridgehead atoms. The largest absolute Gasteiger partial charge is 0.356 e. The fourth-order valence-electron chi connectivity index (χ4n) is 4.31. The number of unbranched alkanes of at least 4 members (excludes halogenated alkanes) is 1. The summed E-state index contributed by atoms with van der Waals surface area (Å²) in [6.45, 7) is 5.56. The van der Waals surface area contributed by atoms with E-state index in [1.807, 2.05) is 6.92 Å². The molecule has 2 N–H and O–H groups in total. The van der Waals surface area contributed by atoms with Crippen LogP contribution in [0.2, 0.25) is 0 Å². The van der Waals surface area contributed by atoms with Gasteiger partial charge in [-0.15, -0.1) is 11.3 Å². The summed E-state index contributed by atoms with van der Waals surface area (Å²) in [6, 6.07) is 1.72. The van der Waals surface area contributed by atoms with E-state index < -0.39 is 5.69 Å². The van der Waals surface area contributed by atoms with Crippen molar-refractivity contribution in [1.82, 2.24) is 19.8 Å². The number of thiophene rings is 1. The topological polar surface area (TPSA) is 102 Å². The van der Waals surface area contributed by atoms with Gasteiger partial charge in [-0.1, -0.05) is 20.3 Å². The van der Waals surface area contributed by atoms with E-state index in [1.54, 1.807) is 11.4 Å². The number of nitrogens with one attached hydrogen (secondary N) is 2. The number of aromatic nitrogens is 2. The van der Waals surface area contributed by atoms with Crippen LogP contribution in [0.5, 0.6) is 0 Å². The van der Waals surface area contributed by atoms with Gasteiger partial charge in [0.15, 0.2) is 0 Å². The number of fused-ring (bicyclic) bond motifs is 1. The highest BCUT2D eigenvalue weighted by Gasteiger charge is 2.27. The highest BCUT2D eigenvalue weighted by molar-refractivity contribution is 7.17. The lowest BCUT2D eigenvalue weighted by Crippen LogP contribution is -2.44. The van der Waals surface area contributed by atoms with Crippen molar-refractivity contribution in [2.45, 2.75) is 71.9 Å². The first-order valence-electron chi connectivity index (χ1n) is 11.7. The van der Waals surface area contributed by atoms with Gasteiger partial charge in [0.25, 0.3) is 5.56 Å². The first-order chi connectivity index (χ1) is 15.5. The second-order valence-corrected chi connectivity index (χ2v) is 9.55. The summed E-state index contributed by atoms with van der Waals surface area (Å²) in [7, 11) is 0. The number of rotatable bonds is 10. The summed E-state index contributed by atoms with van der Waals surface area (Å²) in [5.74, 6) is 0.0640. The molecule has 0 spiro atoms. The van der Waals surface area contributed by atoms with Crippen molar-refractivity contribution in [3.05, 3.63) is 32.3 Å². The molecule has 8 nitrogen and oxygen atoms in total. The normalized spacial score (nSPS) is 18.6. The van der Waals surface area contributed by atoms with Crippen molar-refractivity contribution in [1.29, 1.82) is 0 Å². The smallest absolute Gasteiger partial charge is 0.332 e. The molecule has 0 atom stereocenters. The van der Waals surface area contributed by atoms with Gasteiger partial charge < -0.3 is 10.6 Å². The molecule has 0 aliphatic heterocycles. The predicted molar refractivity (Wildman–Crippen MR) is 127 cm³/mol. The van der Waals surface area contributed by atoms with E-state index in [1.165, 1.54) is 20.5 Å². The molecule has 1 fully saturated rings. The molecule has 1 aliphatic carbocycles. The van der Waals surface area contributed by atoms with Crippen molar-refractivity contribution >= 4 is 33.4 Å². The van der Waals surface area contributed by atoms with E-state index in [9.17, 15) is 19.2 Å². The Morgan fingerprint density at radius 1 is 1.03 bits per heavy atom. The van der Waals surface area contributed by atoms with E-state index >= 15 is 0 Å². The van der Waals surface area contributed by atoms with Crippen LogP contribution >= 0.6 is 11.3 Å². The van der Waals surface area contributed by atoms with Crippen molar-refractivity contribution < 1.29 is 9.59 Å². The molecule has 9 heteroatoms. The van der Waals surface area contributed by atoms with E-state index in [2.05, 4.69) is 17.6 Å². The van der Waals surface area contributed by atoms with Gasteiger partial charge in [-0.3, -0.25) is 23.5 Å². The zero-order valence-corrected chi connectivity index (χ0v) is 19.8. The van der Waals surface area contributed by atoms with E-state index in [-0.39, 0.29) is 35.8 Å². The molecule has 2 aromatic heterocycles. The van der Waals surface area contributed by atoms with E-state index in [0.29, 0.717) is 23.3 Å². The molecule has 2 amide bonds. The fourth-order valence-corrected chi connectivity index (χ4v) is 5.15. The Balaban J connectivity index is 1.73. The molecule has 32 heavy (non-hydrogen) atoms. The molecule has 0 radical (unpaired) electrons. The minimum atomic E-state index is -0.438. The molecular formula is C23H34N4O4S. The Bertz CT molecular complexity index is 1050. The molecular weight excluding hydrogens is 428 g/mol. The highest BCUT2D eigenvalue weighted by atomic mass is 32.1. The summed E-state index contributed by atoms with van der Waals surface area (Å²) < 4.78 is 3.19. The Morgan fingerprint density at radius 2 is 1.78 bits per heavy atom. The van der Waals surface area contributed by atoms with Crippen LogP contribution in [0.25, 0.3) is 10.2 Å². The SMILES string of the molecule is CCCCNC(=O)C1CCC(Cn2c(=O)c3sccc3n(CC(=O)NCCC)c2=O)CC1. The molecule has 0 aromatic carbocycles. The first-order valence-corrected chi connectivity index (χ1v) is 12.6. The van der Waals surface area contributed by atoms with Gasteiger partial charge in [0.2, 0.25) is 11.8 Å². The minimum absolute atomic E-state index is 0.0125. The Morgan fingerprint density at radius 3 is 2.47 bits per heavy atom. The van der Waals surface area contributed by atoms with Gasteiger partial charge in [0.05, 0.1) is 5.52 Å². The first kappa shape index (κ1) is 24.2.